The van der Waals surface area contributed by atoms with Gasteiger partial charge in [-0.1, -0.05) is 35.9 Å². The van der Waals surface area contributed by atoms with Crippen LogP contribution in [0.25, 0.3) is 22.0 Å². The third-order valence-electron chi connectivity index (χ3n) is 3.73. The number of aromatic nitrogens is 1. The van der Waals surface area contributed by atoms with Gasteiger partial charge in [0.15, 0.2) is 0 Å². The summed E-state index contributed by atoms with van der Waals surface area (Å²) in [5.74, 6) is -0.765. The number of nitrogens with one attached hydrogen (secondary N) is 1. The number of aliphatic carboxylic acids is 1. The first-order chi connectivity index (χ1) is 10.1. The van der Waals surface area contributed by atoms with Gasteiger partial charge >= 0.3 is 5.97 Å². The van der Waals surface area contributed by atoms with Crippen LogP contribution < -0.4 is 0 Å². The Labute approximate surface area is 123 Å². The van der Waals surface area contributed by atoms with Gasteiger partial charge in [0, 0.05) is 23.5 Å². The predicted molar refractivity (Wildman–Crippen MR) is 84.4 cm³/mol. The molecule has 0 saturated heterocycles. The molecule has 1 aromatic heterocycles. The summed E-state index contributed by atoms with van der Waals surface area (Å²) in [5.41, 5.74) is 5.67. The Bertz CT molecular complexity index is 802. The topological polar surface area (TPSA) is 53.1 Å². The molecule has 0 saturated carbocycles. The van der Waals surface area contributed by atoms with Crippen molar-refractivity contribution >= 4 is 16.9 Å². The van der Waals surface area contributed by atoms with Crippen LogP contribution in [0.2, 0.25) is 0 Å². The van der Waals surface area contributed by atoms with Crippen molar-refractivity contribution in [3.63, 3.8) is 0 Å². The summed E-state index contributed by atoms with van der Waals surface area (Å²) in [5, 5.41) is 9.94. The van der Waals surface area contributed by atoms with Crippen LogP contribution in [0.3, 0.4) is 0 Å². The normalized spacial score (nSPS) is 10.9. The van der Waals surface area contributed by atoms with Crippen LogP contribution in [0.15, 0.2) is 48.7 Å². The number of H-pyrrole nitrogens is 1. The average molecular weight is 279 g/mol. The van der Waals surface area contributed by atoms with Crippen LogP contribution in [0, 0.1) is 6.92 Å². The van der Waals surface area contributed by atoms with E-state index in [9.17, 15) is 4.79 Å². The number of carboxylic acid groups (broad SMARTS) is 1. The zero-order chi connectivity index (χ0) is 14.8. The predicted octanol–water partition coefficient (Wildman–Crippen LogP) is 4.16. The lowest BCUT2D eigenvalue weighted by Gasteiger charge is -2.04. The Morgan fingerprint density at radius 1 is 1.14 bits per heavy atom. The first kappa shape index (κ1) is 13.4. The molecule has 0 aliphatic rings. The largest absolute Gasteiger partial charge is 0.481 e. The molecule has 106 valence electrons. The van der Waals surface area contributed by atoms with Gasteiger partial charge in [-0.25, -0.2) is 0 Å². The van der Waals surface area contributed by atoms with Crippen LogP contribution in [0.5, 0.6) is 0 Å². The lowest BCUT2D eigenvalue weighted by Crippen LogP contribution is -1.96. The van der Waals surface area contributed by atoms with E-state index < -0.39 is 5.97 Å². The lowest BCUT2D eigenvalue weighted by atomic mass is 10.00. The second-order valence-electron chi connectivity index (χ2n) is 5.34. The van der Waals surface area contributed by atoms with Crippen molar-refractivity contribution in [2.45, 2.75) is 19.8 Å². The zero-order valence-corrected chi connectivity index (χ0v) is 11.9. The molecule has 0 bridgehead atoms. The number of hydrogen-bond acceptors (Lipinski definition) is 1. The lowest BCUT2D eigenvalue weighted by molar-refractivity contribution is -0.136. The number of carboxylic acids is 1. The molecule has 3 aromatic rings. The number of benzene rings is 2. The molecule has 0 aliphatic heterocycles. The molecule has 2 N–H and O–H groups in total. The quantitative estimate of drug-likeness (QED) is 0.753. The number of aryl methyl sites for hydroxylation is 2. The molecule has 3 heteroatoms. The Morgan fingerprint density at radius 2 is 1.95 bits per heavy atom. The number of rotatable bonds is 4. The SMILES string of the molecule is Cc1cccc(-c2ccc3[nH]cc(CCC(=O)O)c3c2)c1. The second kappa shape index (κ2) is 5.44. The first-order valence-corrected chi connectivity index (χ1v) is 7.02. The molecular weight excluding hydrogens is 262 g/mol. The van der Waals surface area contributed by atoms with Gasteiger partial charge in [0.25, 0.3) is 0 Å². The number of hydrogen-bond donors (Lipinski definition) is 2. The minimum atomic E-state index is -0.765. The van der Waals surface area contributed by atoms with E-state index in [1.807, 2.05) is 6.20 Å². The Balaban J connectivity index is 2.02. The summed E-state index contributed by atoms with van der Waals surface area (Å²) in [4.78, 5) is 14.0. The van der Waals surface area contributed by atoms with Crippen molar-refractivity contribution in [1.29, 1.82) is 0 Å². The highest BCUT2D eigenvalue weighted by Gasteiger charge is 2.07. The van der Waals surface area contributed by atoms with Crippen molar-refractivity contribution in [2.75, 3.05) is 0 Å². The maximum absolute atomic E-state index is 10.7. The first-order valence-electron chi connectivity index (χ1n) is 7.02. The maximum Gasteiger partial charge on any atom is 0.303 e. The van der Waals surface area contributed by atoms with E-state index >= 15 is 0 Å². The number of aromatic amines is 1. The van der Waals surface area contributed by atoms with Crippen molar-refractivity contribution in [2.24, 2.45) is 0 Å². The average Bonchev–Trinajstić information content (AvgIpc) is 2.87. The van der Waals surface area contributed by atoms with E-state index in [4.69, 9.17) is 5.11 Å². The van der Waals surface area contributed by atoms with Crippen LogP contribution in [0.4, 0.5) is 0 Å². The molecule has 0 aliphatic carbocycles. The van der Waals surface area contributed by atoms with Crippen LogP contribution in [0.1, 0.15) is 17.5 Å². The Hall–Kier alpha value is -2.55. The summed E-state index contributed by atoms with van der Waals surface area (Å²) < 4.78 is 0. The molecule has 0 atom stereocenters. The minimum Gasteiger partial charge on any atom is -0.481 e. The van der Waals surface area contributed by atoms with Crippen LogP contribution in [-0.4, -0.2) is 16.1 Å². The van der Waals surface area contributed by atoms with E-state index in [0.29, 0.717) is 6.42 Å². The molecule has 0 amide bonds. The van der Waals surface area contributed by atoms with Gasteiger partial charge < -0.3 is 10.1 Å². The molecule has 3 nitrogen and oxygen atoms in total. The van der Waals surface area contributed by atoms with Crippen molar-refractivity contribution in [1.82, 2.24) is 4.98 Å². The van der Waals surface area contributed by atoms with Crippen LogP contribution in [-0.2, 0) is 11.2 Å². The van der Waals surface area contributed by atoms with E-state index in [0.717, 1.165) is 22.0 Å². The monoisotopic (exact) mass is 279 g/mol. The summed E-state index contributed by atoms with van der Waals surface area (Å²) in [7, 11) is 0. The molecule has 0 unspecified atom stereocenters. The highest BCUT2D eigenvalue weighted by Crippen LogP contribution is 2.27. The molecule has 3 rings (SSSR count). The summed E-state index contributed by atoms with van der Waals surface area (Å²) in [6.45, 7) is 2.08. The maximum atomic E-state index is 10.7. The van der Waals surface area contributed by atoms with Crippen molar-refractivity contribution in [3.8, 4) is 11.1 Å². The van der Waals surface area contributed by atoms with Gasteiger partial charge in [-0.15, -0.1) is 0 Å². The Kier molecular flexibility index (Phi) is 3.48. The van der Waals surface area contributed by atoms with Gasteiger partial charge in [-0.2, -0.15) is 0 Å². The van der Waals surface area contributed by atoms with E-state index in [1.165, 1.54) is 11.1 Å². The second-order valence-corrected chi connectivity index (χ2v) is 5.34. The third kappa shape index (κ3) is 2.82. The van der Waals surface area contributed by atoms with E-state index in [-0.39, 0.29) is 6.42 Å². The van der Waals surface area contributed by atoms with Gasteiger partial charge in [-0.05, 0) is 42.2 Å². The van der Waals surface area contributed by atoms with Gasteiger partial charge in [0.1, 0.15) is 0 Å². The van der Waals surface area contributed by atoms with E-state index in [2.05, 4.69) is 54.4 Å². The Morgan fingerprint density at radius 3 is 2.71 bits per heavy atom. The summed E-state index contributed by atoms with van der Waals surface area (Å²) in [6.07, 6.45) is 2.61. The smallest absolute Gasteiger partial charge is 0.303 e. The summed E-state index contributed by atoms with van der Waals surface area (Å²) in [6, 6.07) is 14.7. The van der Waals surface area contributed by atoms with Crippen molar-refractivity contribution in [3.05, 3.63) is 59.8 Å². The highest BCUT2D eigenvalue weighted by molar-refractivity contribution is 5.88. The minimum absolute atomic E-state index is 0.154. The highest BCUT2D eigenvalue weighted by atomic mass is 16.4. The number of carbonyl (C=O) groups is 1. The van der Waals surface area contributed by atoms with Gasteiger partial charge in [-0.3, -0.25) is 4.79 Å². The standard InChI is InChI=1S/C18H17NO2/c1-12-3-2-4-13(9-12)14-5-7-17-16(10-14)15(11-19-17)6-8-18(20)21/h2-5,7,9-11,19H,6,8H2,1H3,(H,20,21). The van der Waals surface area contributed by atoms with Crippen molar-refractivity contribution < 1.29 is 9.90 Å². The molecule has 2 aromatic carbocycles. The van der Waals surface area contributed by atoms with E-state index in [1.54, 1.807) is 0 Å². The zero-order valence-electron chi connectivity index (χ0n) is 11.9. The number of fused-ring (bicyclic) bond motifs is 1. The summed E-state index contributed by atoms with van der Waals surface area (Å²) >= 11 is 0. The van der Waals surface area contributed by atoms with Gasteiger partial charge in [0.05, 0.1) is 0 Å². The molecule has 0 spiro atoms. The fraction of sp³-hybridized carbons (Fsp3) is 0.167. The van der Waals surface area contributed by atoms with Crippen LogP contribution >= 0.6 is 0 Å². The molecule has 0 radical (unpaired) electrons. The fourth-order valence-electron chi connectivity index (χ4n) is 2.63. The molecule has 21 heavy (non-hydrogen) atoms. The molecule has 0 fully saturated rings. The molecular formula is C18H17NO2. The fourth-order valence-corrected chi connectivity index (χ4v) is 2.63. The molecule has 1 heterocycles. The van der Waals surface area contributed by atoms with Gasteiger partial charge in [0.2, 0.25) is 0 Å². The third-order valence-corrected chi connectivity index (χ3v) is 3.73.